The van der Waals surface area contributed by atoms with Crippen molar-refractivity contribution in [1.82, 2.24) is 4.90 Å². The van der Waals surface area contributed by atoms with E-state index in [1.807, 2.05) is 0 Å². The number of nitrogens with zero attached hydrogens (tertiary/aromatic N) is 2. The van der Waals surface area contributed by atoms with E-state index in [9.17, 15) is 10.2 Å². The highest BCUT2D eigenvalue weighted by molar-refractivity contribution is 5.67. The minimum Gasteiger partial charge on any atom is -0.396 e. The molecule has 8 atom stereocenters. The van der Waals surface area contributed by atoms with E-state index in [-0.39, 0.29) is 24.0 Å². The Morgan fingerprint density at radius 1 is 1.24 bits per heavy atom. The van der Waals surface area contributed by atoms with Crippen molar-refractivity contribution in [2.75, 3.05) is 25.6 Å². The first-order valence-electron chi connectivity index (χ1n) is 9.89. The quantitative estimate of drug-likeness (QED) is 0.880. The van der Waals surface area contributed by atoms with E-state index < -0.39 is 0 Å². The monoisotopic (exact) mass is 342 g/mol. The van der Waals surface area contributed by atoms with Crippen molar-refractivity contribution < 1.29 is 10.2 Å². The highest BCUT2D eigenvalue weighted by atomic mass is 16.3. The molecule has 5 rings (SSSR count). The van der Waals surface area contributed by atoms with Crippen LogP contribution in [0.15, 0.2) is 24.3 Å². The molecule has 2 saturated heterocycles. The van der Waals surface area contributed by atoms with Gasteiger partial charge >= 0.3 is 0 Å². The lowest BCUT2D eigenvalue weighted by Gasteiger charge is -2.54. The molecular weight excluding hydrogens is 312 g/mol. The SMILES string of the molecule is CCC(CO)C1CC2C3N(C)c4ccccc4C34CC(C1C4O)N2C. The zero-order valence-corrected chi connectivity index (χ0v) is 15.5. The predicted molar refractivity (Wildman–Crippen MR) is 98.7 cm³/mol. The maximum atomic E-state index is 11.7. The van der Waals surface area contributed by atoms with Crippen LogP contribution in [0.5, 0.6) is 0 Å². The van der Waals surface area contributed by atoms with Crippen LogP contribution in [-0.2, 0) is 5.41 Å². The highest BCUT2D eigenvalue weighted by Gasteiger charge is 2.72. The van der Waals surface area contributed by atoms with Crippen molar-refractivity contribution in [3.05, 3.63) is 29.8 Å². The minimum atomic E-state index is -0.311. The predicted octanol–water partition coefficient (Wildman–Crippen LogP) is 1.84. The van der Waals surface area contributed by atoms with E-state index in [2.05, 4.69) is 55.1 Å². The first-order chi connectivity index (χ1) is 12.1. The molecule has 0 radical (unpaired) electrons. The van der Waals surface area contributed by atoms with Gasteiger partial charge in [-0.15, -0.1) is 0 Å². The third-order valence-electron chi connectivity index (χ3n) is 8.40. The molecular formula is C21H30N2O2. The molecule has 25 heavy (non-hydrogen) atoms. The van der Waals surface area contributed by atoms with Crippen molar-refractivity contribution in [3.8, 4) is 0 Å². The van der Waals surface area contributed by atoms with Gasteiger partial charge in [0.05, 0.1) is 12.1 Å². The molecule has 3 fully saturated rings. The van der Waals surface area contributed by atoms with E-state index in [1.165, 1.54) is 11.3 Å². The summed E-state index contributed by atoms with van der Waals surface area (Å²) in [4.78, 5) is 5.01. The fraction of sp³-hybridized carbons (Fsp3) is 0.714. The molecule has 4 nitrogen and oxygen atoms in total. The highest BCUT2D eigenvalue weighted by Crippen LogP contribution is 2.65. The standard InChI is InChI=1S/C21H30N2O2/c1-4-12(11-24)13-9-16-19-21(10-17(22(16)2)18(13)20(21)25)14-7-5-6-8-15(14)23(19)3/h5-8,12-13,16-20,24-25H,4,9-11H2,1-3H3. The van der Waals surface area contributed by atoms with Crippen LogP contribution < -0.4 is 4.90 Å². The summed E-state index contributed by atoms with van der Waals surface area (Å²) in [5.74, 6) is 1.03. The van der Waals surface area contributed by atoms with Crippen LogP contribution in [0.3, 0.4) is 0 Å². The van der Waals surface area contributed by atoms with Gasteiger partial charge in [0.1, 0.15) is 0 Å². The number of para-hydroxylation sites is 1. The zero-order chi connectivity index (χ0) is 17.5. The molecule has 136 valence electrons. The van der Waals surface area contributed by atoms with Crippen LogP contribution in [-0.4, -0.2) is 60.0 Å². The van der Waals surface area contributed by atoms with Gasteiger partial charge in [-0.25, -0.2) is 0 Å². The molecule has 2 N–H and O–H groups in total. The second-order valence-electron chi connectivity index (χ2n) is 8.89. The lowest BCUT2D eigenvalue weighted by Crippen LogP contribution is -2.64. The summed E-state index contributed by atoms with van der Waals surface area (Å²) in [6, 6.07) is 9.95. The van der Waals surface area contributed by atoms with Gasteiger partial charge in [-0.2, -0.15) is 0 Å². The molecule has 4 heteroatoms. The van der Waals surface area contributed by atoms with Crippen LogP contribution in [0.1, 0.15) is 31.7 Å². The van der Waals surface area contributed by atoms with Crippen LogP contribution in [0.25, 0.3) is 0 Å². The van der Waals surface area contributed by atoms with Crippen LogP contribution >= 0.6 is 0 Å². The van der Waals surface area contributed by atoms with Crippen molar-refractivity contribution in [3.63, 3.8) is 0 Å². The summed E-state index contributed by atoms with van der Waals surface area (Å²) < 4.78 is 0. The third-order valence-corrected chi connectivity index (χ3v) is 8.40. The molecule has 3 aliphatic heterocycles. The number of piperidine rings is 2. The molecule has 3 bridgehead atoms. The molecule has 1 aliphatic carbocycles. The van der Waals surface area contributed by atoms with Crippen molar-refractivity contribution in [2.45, 2.75) is 55.8 Å². The number of anilines is 1. The number of benzene rings is 1. The van der Waals surface area contributed by atoms with Gasteiger partial charge in [0.15, 0.2) is 0 Å². The zero-order valence-electron chi connectivity index (χ0n) is 15.5. The van der Waals surface area contributed by atoms with Gasteiger partial charge in [0.2, 0.25) is 0 Å². The van der Waals surface area contributed by atoms with E-state index >= 15 is 0 Å². The molecule has 1 aromatic rings. The van der Waals surface area contributed by atoms with Crippen molar-refractivity contribution in [2.24, 2.45) is 17.8 Å². The van der Waals surface area contributed by atoms with E-state index in [0.29, 0.717) is 30.0 Å². The lowest BCUT2D eigenvalue weighted by atomic mass is 9.67. The Labute approximate surface area is 150 Å². The molecule has 3 heterocycles. The normalized spacial score (nSPS) is 45.6. The smallest absolute Gasteiger partial charge is 0.0704 e. The summed E-state index contributed by atoms with van der Waals surface area (Å²) in [5.41, 5.74) is 2.54. The number of rotatable bonds is 3. The average molecular weight is 342 g/mol. The van der Waals surface area contributed by atoms with Gasteiger partial charge in [0, 0.05) is 42.8 Å². The third kappa shape index (κ3) is 1.69. The maximum absolute atomic E-state index is 11.7. The molecule has 1 aromatic carbocycles. The maximum Gasteiger partial charge on any atom is 0.0704 e. The van der Waals surface area contributed by atoms with Crippen LogP contribution in [0.4, 0.5) is 5.69 Å². The Hall–Kier alpha value is -1.10. The molecule has 8 unspecified atom stereocenters. The van der Waals surface area contributed by atoms with E-state index in [1.54, 1.807) is 0 Å². The minimum absolute atomic E-state index is 0.125. The van der Waals surface area contributed by atoms with Gasteiger partial charge < -0.3 is 15.1 Å². The Morgan fingerprint density at radius 3 is 2.72 bits per heavy atom. The average Bonchev–Trinajstić information content (AvgIpc) is 2.99. The number of hydrogen-bond donors (Lipinski definition) is 2. The van der Waals surface area contributed by atoms with Gasteiger partial charge in [-0.05, 0) is 43.4 Å². The molecule has 4 aliphatic rings. The van der Waals surface area contributed by atoms with Crippen molar-refractivity contribution in [1.29, 1.82) is 0 Å². The number of aliphatic hydroxyl groups is 2. The molecule has 0 amide bonds. The van der Waals surface area contributed by atoms with Crippen LogP contribution in [0.2, 0.25) is 0 Å². The molecule has 0 aromatic heterocycles. The first-order valence-corrected chi connectivity index (χ1v) is 9.89. The fourth-order valence-electron chi connectivity index (χ4n) is 7.36. The van der Waals surface area contributed by atoms with Crippen molar-refractivity contribution >= 4 is 5.69 Å². The largest absolute Gasteiger partial charge is 0.396 e. The summed E-state index contributed by atoms with van der Waals surface area (Å²) in [6.45, 7) is 2.43. The summed E-state index contributed by atoms with van der Waals surface area (Å²) in [7, 11) is 4.47. The number of likely N-dealkylation sites (N-methyl/N-ethyl adjacent to an activating group) is 2. The summed E-state index contributed by atoms with van der Waals surface area (Å²) in [5, 5.41) is 21.7. The number of aliphatic hydroxyl groups excluding tert-OH is 2. The second-order valence-corrected chi connectivity index (χ2v) is 8.89. The number of fused-ring (bicyclic) bond motifs is 3. The Kier molecular flexibility index (Phi) is 3.36. The van der Waals surface area contributed by atoms with E-state index in [4.69, 9.17) is 0 Å². The summed E-state index contributed by atoms with van der Waals surface area (Å²) in [6.07, 6.45) is 2.83. The summed E-state index contributed by atoms with van der Waals surface area (Å²) >= 11 is 0. The topological polar surface area (TPSA) is 46.9 Å². The van der Waals surface area contributed by atoms with Crippen LogP contribution in [0, 0.1) is 17.8 Å². The van der Waals surface area contributed by atoms with Gasteiger partial charge in [-0.1, -0.05) is 31.5 Å². The molecule has 1 spiro atoms. The lowest BCUT2D eigenvalue weighted by molar-refractivity contribution is -0.0315. The number of hydrogen-bond acceptors (Lipinski definition) is 4. The Morgan fingerprint density at radius 2 is 2.00 bits per heavy atom. The first kappa shape index (κ1) is 16.1. The Balaban J connectivity index is 1.69. The molecule has 1 saturated carbocycles. The fourth-order valence-corrected chi connectivity index (χ4v) is 7.36. The van der Waals surface area contributed by atoms with E-state index in [0.717, 1.165) is 19.3 Å². The second kappa shape index (κ2) is 5.21. The van der Waals surface area contributed by atoms with Gasteiger partial charge in [-0.3, -0.25) is 4.90 Å². The van der Waals surface area contributed by atoms with Gasteiger partial charge in [0.25, 0.3) is 0 Å². The Bertz CT molecular complexity index is 690.